The van der Waals surface area contributed by atoms with Gasteiger partial charge >= 0.3 is 6.16 Å². The lowest BCUT2D eigenvalue weighted by Gasteiger charge is -2.27. The summed E-state index contributed by atoms with van der Waals surface area (Å²) >= 11 is 0. The molecule has 2 amide bonds. The molecule has 10 N–H and O–H groups in total. The Kier molecular flexibility index (Phi) is 19.4. The van der Waals surface area contributed by atoms with Crippen LogP contribution in [0.25, 0.3) is 0 Å². The van der Waals surface area contributed by atoms with Crippen molar-refractivity contribution < 1.29 is 24.2 Å². The zero-order valence-corrected chi connectivity index (χ0v) is 20.0. The van der Waals surface area contributed by atoms with Crippen molar-refractivity contribution >= 4 is 18.0 Å². The fraction of sp³-hybridized carbons (Fsp3) is 0.864. The fourth-order valence-corrected chi connectivity index (χ4v) is 3.46. The monoisotopic (exact) mass is 474 g/mol. The smallest absolute Gasteiger partial charge is 0.450 e. The molecule has 0 aliphatic rings. The van der Waals surface area contributed by atoms with Crippen LogP contribution in [0.3, 0.4) is 0 Å². The van der Waals surface area contributed by atoms with Gasteiger partial charge in [0.1, 0.15) is 6.61 Å². The van der Waals surface area contributed by atoms with Gasteiger partial charge in [0.2, 0.25) is 11.8 Å². The third-order valence-corrected chi connectivity index (χ3v) is 5.34. The summed E-state index contributed by atoms with van der Waals surface area (Å²) in [6.07, 6.45) is 7.39. The number of ether oxygens (including phenoxy) is 1. The van der Waals surface area contributed by atoms with Crippen molar-refractivity contribution in [2.75, 3.05) is 39.3 Å². The highest BCUT2D eigenvalue weighted by molar-refractivity contribution is 5.87. The predicted molar refractivity (Wildman–Crippen MR) is 128 cm³/mol. The lowest BCUT2D eigenvalue weighted by molar-refractivity contribution is -0.137. The molecule has 0 heterocycles. The van der Waals surface area contributed by atoms with Crippen LogP contribution in [0.2, 0.25) is 0 Å². The van der Waals surface area contributed by atoms with Crippen LogP contribution in [-0.4, -0.2) is 79.4 Å². The minimum atomic E-state index is -1.40. The summed E-state index contributed by atoms with van der Waals surface area (Å²) < 4.78 is 4.64. The minimum absolute atomic E-state index is 0.132. The molecule has 0 fully saturated rings. The first-order valence-corrected chi connectivity index (χ1v) is 12.1. The van der Waals surface area contributed by atoms with Crippen LogP contribution in [-0.2, 0) is 14.3 Å². The van der Waals surface area contributed by atoms with Crippen LogP contribution < -0.4 is 28.3 Å². The number of carboxylic acid groups (broad SMARTS) is 1. The predicted octanol–water partition coefficient (Wildman–Crippen LogP) is 0.489. The molecule has 33 heavy (non-hydrogen) atoms. The summed E-state index contributed by atoms with van der Waals surface area (Å²) in [6, 6.07) is -1.16. The second-order valence-electron chi connectivity index (χ2n) is 8.33. The van der Waals surface area contributed by atoms with Gasteiger partial charge in [-0.05, 0) is 58.2 Å². The summed E-state index contributed by atoms with van der Waals surface area (Å²) in [4.78, 5) is 37.9. The zero-order valence-electron chi connectivity index (χ0n) is 20.0. The number of hydrogen-bond acceptors (Lipinski definition) is 8. The van der Waals surface area contributed by atoms with E-state index in [-0.39, 0.29) is 25.0 Å². The van der Waals surface area contributed by atoms with Crippen LogP contribution in [0.1, 0.15) is 70.6 Å². The number of hydrogen-bond donors (Lipinski definition) is 6. The van der Waals surface area contributed by atoms with E-state index in [1.165, 1.54) is 4.90 Å². The SMILES string of the molecule is NCCCCCCCN(CC(=O)N[C@@H](CCCCN)COC(=O)O)C(=O)[C@@H](N)CCCCN. The van der Waals surface area contributed by atoms with Gasteiger partial charge in [0.15, 0.2) is 0 Å². The van der Waals surface area contributed by atoms with Gasteiger partial charge < -0.3 is 43.0 Å². The highest BCUT2D eigenvalue weighted by Gasteiger charge is 2.24. The fourth-order valence-electron chi connectivity index (χ4n) is 3.46. The highest BCUT2D eigenvalue weighted by Crippen LogP contribution is 2.08. The average Bonchev–Trinajstić information content (AvgIpc) is 2.78. The molecule has 0 spiro atoms. The molecule has 11 nitrogen and oxygen atoms in total. The first kappa shape index (κ1) is 31.0. The first-order chi connectivity index (χ1) is 15.8. The van der Waals surface area contributed by atoms with Crippen molar-refractivity contribution in [2.45, 2.75) is 82.7 Å². The van der Waals surface area contributed by atoms with E-state index >= 15 is 0 Å². The van der Waals surface area contributed by atoms with E-state index in [1.807, 2.05) is 0 Å². The quantitative estimate of drug-likeness (QED) is 0.101. The Morgan fingerprint density at radius 1 is 0.818 bits per heavy atom. The van der Waals surface area contributed by atoms with Gasteiger partial charge in [-0.2, -0.15) is 0 Å². The number of carbonyl (C=O) groups is 3. The summed E-state index contributed by atoms with van der Waals surface area (Å²) in [6.45, 7) is 1.87. The maximum absolute atomic E-state index is 12.9. The van der Waals surface area contributed by atoms with E-state index in [0.717, 1.165) is 57.8 Å². The van der Waals surface area contributed by atoms with Crippen molar-refractivity contribution in [3.05, 3.63) is 0 Å². The Hall–Kier alpha value is -1.95. The van der Waals surface area contributed by atoms with E-state index in [1.54, 1.807) is 0 Å². The number of amides is 2. The molecule has 0 saturated heterocycles. The van der Waals surface area contributed by atoms with Crippen LogP contribution in [0.5, 0.6) is 0 Å². The van der Waals surface area contributed by atoms with Gasteiger partial charge in [0, 0.05) is 6.54 Å². The first-order valence-electron chi connectivity index (χ1n) is 12.1. The number of nitrogens with one attached hydrogen (secondary N) is 1. The summed E-state index contributed by atoms with van der Waals surface area (Å²) in [5, 5.41) is 11.6. The molecule has 0 saturated carbocycles. The van der Waals surface area contributed by atoms with Crippen LogP contribution in [0.4, 0.5) is 4.79 Å². The van der Waals surface area contributed by atoms with Crippen molar-refractivity contribution in [3.8, 4) is 0 Å². The third-order valence-electron chi connectivity index (χ3n) is 5.34. The van der Waals surface area contributed by atoms with E-state index in [2.05, 4.69) is 10.1 Å². The standard InChI is InChI=1S/C22H46N6O5/c23-12-6-2-1-3-9-15-28(21(30)19(26)11-5-8-14-25)16-20(29)27-18(10-4-7-13-24)17-33-22(31)32/h18-19H,1-17,23-26H2,(H,27,29)(H,31,32)/t18-,19-/m0/s1. The number of nitrogens with two attached hydrogens (primary N) is 4. The molecule has 194 valence electrons. The van der Waals surface area contributed by atoms with Crippen LogP contribution in [0.15, 0.2) is 0 Å². The van der Waals surface area contributed by atoms with Gasteiger partial charge in [0.25, 0.3) is 0 Å². The molecular formula is C22H46N6O5. The molecule has 11 heteroatoms. The molecule has 0 aliphatic heterocycles. The van der Waals surface area contributed by atoms with Crippen molar-refractivity contribution in [1.82, 2.24) is 10.2 Å². The Bertz CT molecular complexity index is 537. The summed E-state index contributed by atoms with van der Waals surface area (Å²) in [7, 11) is 0. The molecule has 0 aromatic carbocycles. The molecule has 0 aliphatic carbocycles. The number of rotatable bonds is 21. The van der Waals surface area contributed by atoms with Crippen LogP contribution in [0, 0.1) is 0 Å². The molecule has 0 bridgehead atoms. The van der Waals surface area contributed by atoms with Gasteiger partial charge in [0.05, 0.1) is 18.6 Å². The molecular weight excluding hydrogens is 428 g/mol. The van der Waals surface area contributed by atoms with Gasteiger partial charge in [-0.3, -0.25) is 9.59 Å². The summed E-state index contributed by atoms with van der Waals surface area (Å²) in [5.74, 6) is -0.627. The van der Waals surface area contributed by atoms with Crippen molar-refractivity contribution in [1.29, 1.82) is 0 Å². The number of carbonyl (C=O) groups excluding carboxylic acids is 2. The van der Waals surface area contributed by atoms with Crippen molar-refractivity contribution in [2.24, 2.45) is 22.9 Å². The van der Waals surface area contributed by atoms with E-state index < -0.39 is 18.2 Å². The largest absolute Gasteiger partial charge is 0.505 e. The van der Waals surface area contributed by atoms with Gasteiger partial charge in [-0.1, -0.05) is 32.1 Å². The van der Waals surface area contributed by atoms with E-state index in [9.17, 15) is 14.4 Å². The lowest BCUT2D eigenvalue weighted by Crippen LogP contribution is -2.50. The Balaban J connectivity index is 4.93. The second kappa shape index (κ2) is 20.6. The molecule has 0 aromatic heterocycles. The normalized spacial score (nSPS) is 12.7. The van der Waals surface area contributed by atoms with Gasteiger partial charge in [-0.15, -0.1) is 0 Å². The summed E-state index contributed by atoms with van der Waals surface area (Å²) in [5.41, 5.74) is 22.6. The molecule has 0 rings (SSSR count). The van der Waals surface area contributed by atoms with Crippen LogP contribution >= 0.6 is 0 Å². The van der Waals surface area contributed by atoms with E-state index in [4.69, 9.17) is 28.0 Å². The van der Waals surface area contributed by atoms with Gasteiger partial charge in [-0.25, -0.2) is 4.79 Å². The minimum Gasteiger partial charge on any atom is -0.450 e. The number of nitrogens with zero attached hydrogens (tertiary/aromatic N) is 1. The average molecular weight is 475 g/mol. The maximum Gasteiger partial charge on any atom is 0.505 e. The van der Waals surface area contributed by atoms with E-state index in [0.29, 0.717) is 39.0 Å². The molecule has 0 radical (unpaired) electrons. The maximum atomic E-state index is 12.9. The van der Waals surface area contributed by atoms with Crippen molar-refractivity contribution in [3.63, 3.8) is 0 Å². The molecule has 0 unspecified atom stereocenters. The number of unbranched alkanes of at least 4 members (excludes halogenated alkanes) is 6. The topological polar surface area (TPSA) is 200 Å². The molecule has 0 aromatic rings. The lowest BCUT2D eigenvalue weighted by atomic mass is 10.1. The molecule has 2 atom stereocenters. The Morgan fingerprint density at radius 3 is 1.97 bits per heavy atom. The zero-order chi connectivity index (χ0) is 24.9. The Labute approximate surface area is 197 Å². The highest BCUT2D eigenvalue weighted by atomic mass is 16.7. The Morgan fingerprint density at radius 2 is 1.36 bits per heavy atom. The third kappa shape index (κ3) is 17.2. The second-order valence-corrected chi connectivity index (χ2v) is 8.33.